The third-order valence-electron chi connectivity index (χ3n) is 7.02. The van der Waals surface area contributed by atoms with Crippen LogP contribution in [-0.4, -0.2) is 81.1 Å². The molecule has 3 rings (SSSR count). The van der Waals surface area contributed by atoms with Crippen LogP contribution in [0.4, 0.5) is 4.79 Å². The van der Waals surface area contributed by atoms with Crippen molar-refractivity contribution < 1.29 is 28.3 Å². The molecule has 1 aromatic carbocycles. The monoisotopic (exact) mass is 490 g/mol. The molecule has 0 aromatic heterocycles. The second-order valence-electron chi connectivity index (χ2n) is 10.5. The predicted molar refractivity (Wildman–Crippen MR) is 131 cm³/mol. The average Bonchev–Trinajstić information content (AvgIpc) is 3.16. The highest BCUT2D eigenvalue weighted by molar-refractivity contribution is 6.74. The van der Waals surface area contributed by atoms with Crippen molar-refractivity contribution in [1.82, 2.24) is 9.80 Å². The molecule has 34 heavy (non-hydrogen) atoms. The fourth-order valence-electron chi connectivity index (χ4n) is 3.91. The van der Waals surface area contributed by atoms with Crippen LogP contribution in [0.15, 0.2) is 30.3 Å². The average molecular weight is 491 g/mol. The van der Waals surface area contributed by atoms with Crippen molar-refractivity contribution >= 4 is 26.2 Å². The number of benzene rings is 1. The highest BCUT2D eigenvalue weighted by Gasteiger charge is 2.45. The van der Waals surface area contributed by atoms with Crippen molar-refractivity contribution in [1.29, 1.82) is 0 Å². The molecule has 3 amide bonds. The minimum absolute atomic E-state index is 0.0234. The van der Waals surface area contributed by atoms with Gasteiger partial charge in [0.05, 0.1) is 19.3 Å². The number of nitrogens with zero attached hydrogens (tertiary/aromatic N) is 2. The van der Waals surface area contributed by atoms with Gasteiger partial charge in [0.25, 0.3) is 5.91 Å². The van der Waals surface area contributed by atoms with Gasteiger partial charge in [-0.05, 0) is 36.5 Å². The second-order valence-corrected chi connectivity index (χ2v) is 15.3. The van der Waals surface area contributed by atoms with Crippen molar-refractivity contribution in [2.45, 2.75) is 70.3 Å². The van der Waals surface area contributed by atoms with E-state index in [2.05, 4.69) is 33.9 Å². The number of imide groups is 1. The van der Waals surface area contributed by atoms with Gasteiger partial charge in [-0.2, -0.15) is 0 Å². The number of amides is 3. The van der Waals surface area contributed by atoms with Crippen LogP contribution in [0.5, 0.6) is 0 Å². The normalized spacial score (nSPS) is 20.3. The molecule has 2 heterocycles. The van der Waals surface area contributed by atoms with Gasteiger partial charge in [0.2, 0.25) is 5.91 Å². The van der Waals surface area contributed by atoms with Gasteiger partial charge in [-0.1, -0.05) is 51.1 Å². The lowest BCUT2D eigenvalue weighted by Gasteiger charge is -2.39. The van der Waals surface area contributed by atoms with Crippen molar-refractivity contribution in [3.8, 4) is 0 Å². The summed E-state index contributed by atoms with van der Waals surface area (Å²) < 4.78 is 17.1. The minimum Gasteiger partial charge on any atom is -0.447 e. The van der Waals surface area contributed by atoms with Crippen LogP contribution in [-0.2, 0) is 29.9 Å². The molecule has 2 aliphatic heterocycles. The van der Waals surface area contributed by atoms with E-state index in [1.54, 1.807) is 4.90 Å². The van der Waals surface area contributed by atoms with E-state index in [0.717, 1.165) is 5.56 Å². The molecular formula is C25H38N2O6Si. The number of carbonyl (C=O) groups is 3. The van der Waals surface area contributed by atoms with E-state index >= 15 is 0 Å². The lowest BCUT2D eigenvalue weighted by atomic mass is 10.0. The molecule has 2 fully saturated rings. The summed E-state index contributed by atoms with van der Waals surface area (Å²) in [6, 6.07) is 9.32. The molecule has 1 aromatic rings. The Morgan fingerprint density at radius 1 is 1.15 bits per heavy atom. The zero-order valence-corrected chi connectivity index (χ0v) is 22.0. The largest absolute Gasteiger partial charge is 0.447 e. The Bertz CT molecular complexity index is 864. The van der Waals surface area contributed by atoms with Crippen molar-refractivity contribution in [2.75, 3.05) is 32.9 Å². The number of cyclic esters (lactones) is 1. The molecule has 0 unspecified atom stereocenters. The summed E-state index contributed by atoms with van der Waals surface area (Å²) in [5, 5.41) is -0.130. The van der Waals surface area contributed by atoms with Crippen LogP contribution < -0.4 is 0 Å². The lowest BCUT2D eigenvalue weighted by Crippen LogP contribution is -2.52. The zero-order chi connectivity index (χ0) is 24.9. The summed E-state index contributed by atoms with van der Waals surface area (Å²) in [6.45, 7) is 12.7. The highest BCUT2D eigenvalue weighted by Crippen LogP contribution is 2.38. The summed E-state index contributed by atoms with van der Waals surface area (Å²) in [5.41, 5.74) is 1.02. The maximum absolute atomic E-state index is 13.7. The molecule has 2 atom stereocenters. The summed E-state index contributed by atoms with van der Waals surface area (Å²) in [7, 11) is -2.36. The Hall–Kier alpha value is -2.23. The topological polar surface area (TPSA) is 85.4 Å². The summed E-state index contributed by atoms with van der Waals surface area (Å²) in [5.74, 6) is -0.437. The molecule has 9 heteroatoms. The van der Waals surface area contributed by atoms with E-state index in [9.17, 15) is 14.4 Å². The van der Waals surface area contributed by atoms with E-state index in [0.29, 0.717) is 32.7 Å². The Morgan fingerprint density at radius 3 is 2.41 bits per heavy atom. The lowest BCUT2D eigenvalue weighted by molar-refractivity contribution is -0.139. The first-order chi connectivity index (χ1) is 16.0. The van der Waals surface area contributed by atoms with Crippen molar-refractivity contribution in [3.63, 3.8) is 0 Å². The van der Waals surface area contributed by atoms with Gasteiger partial charge in [-0.3, -0.25) is 9.59 Å². The van der Waals surface area contributed by atoms with E-state index < -0.39 is 32.5 Å². The first kappa shape index (κ1) is 26.4. The van der Waals surface area contributed by atoms with Gasteiger partial charge in [0, 0.05) is 19.5 Å². The van der Waals surface area contributed by atoms with E-state index in [1.807, 2.05) is 30.3 Å². The molecule has 0 bridgehead atoms. The minimum atomic E-state index is -2.36. The molecule has 0 spiro atoms. The van der Waals surface area contributed by atoms with Gasteiger partial charge in [0.1, 0.15) is 12.7 Å². The summed E-state index contributed by atoms with van der Waals surface area (Å²) >= 11 is 0. The van der Waals surface area contributed by atoms with E-state index in [4.69, 9.17) is 13.9 Å². The van der Waals surface area contributed by atoms with E-state index in [-0.39, 0.29) is 30.4 Å². The van der Waals surface area contributed by atoms with Crippen molar-refractivity contribution in [2.24, 2.45) is 0 Å². The molecular weight excluding hydrogens is 452 g/mol. The fourth-order valence-corrected chi connectivity index (χ4v) is 5.20. The first-order valence-corrected chi connectivity index (χ1v) is 15.0. The van der Waals surface area contributed by atoms with Crippen LogP contribution in [0.3, 0.4) is 0 Å². The Morgan fingerprint density at radius 2 is 1.79 bits per heavy atom. The van der Waals surface area contributed by atoms with Crippen LogP contribution >= 0.6 is 0 Å². The molecule has 0 saturated carbocycles. The van der Waals surface area contributed by atoms with Gasteiger partial charge in [0.15, 0.2) is 8.32 Å². The quantitative estimate of drug-likeness (QED) is 0.518. The third-order valence-corrected chi connectivity index (χ3v) is 11.5. The highest BCUT2D eigenvalue weighted by atomic mass is 28.4. The molecule has 0 radical (unpaired) electrons. The van der Waals surface area contributed by atoms with Crippen LogP contribution in [0, 0.1) is 0 Å². The summed E-state index contributed by atoms with van der Waals surface area (Å²) in [4.78, 5) is 42.1. The Balaban J connectivity index is 1.77. The fraction of sp³-hybridized carbons (Fsp3) is 0.640. The molecule has 8 nitrogen and oxygen atoms in total. The predicted octanol–water partition coefficient (Wildman–Crippen LogP) is 3.61. The molecule has 2 saturated heterocycles. The number of rotatable bonds is 8. The molecule has 188 valence electrons. The van der Waals surface area contributed by atoms with Gasteiger partial charge in [-0.25, -0.2) is 9.69 Å². The van der Waals surface area contributed by atoms with Crippen LogP contribution in [0.2, 0.25) is 18.1 Å². The number of ether oxygens (including phenoxy) is 2. The van der Waals surface area contributed by atoms with Gasteiger partial charge in [-0.15, -0.1) is 0 Å². The number of carbonyl (C=O) groups excluding carboxylic acids is 3. The maximum atomic E-state index is 13.7. The molecule has 2 aliphatic rings. The van der Waals surface area contributed by atoms with Crippen LogP contribution in [0.1, 0.15) is 39.2 Å². The smallest absolute Gasteiger partial charge is 0.417 e. The molecule has 0 aliphatic carbocycles. The summed E-state index contributed by atoms with van der Waals surface area (Å²) in [6.07, 6.45) is -0.609. The Labute approximate surface area is 203 Å². The van der Waals surface area contributed by atoms with E-state index in [1.165, 1.54) is 4.90 Å². The molecule has 0 N–H and O–H groups in total. The van der Waals surface area contributed by atoms with Gasteiger partial charge >= 0.3 is 6.09 Å². The zero-order valence-electron chi connectivity index (χ0n) is 21.0. The maximum Gasteiger partial charge on any atom is 0.417 e. The number of hydrogen-bond acceptors (Lipinski definition) is 6. The number of morpholine rings is 1. The Kier molecular flexibility index (Phi) is 8.54. The second kappa shape index (κ2) is 11.0. The number of hydrogen-bond donors (Lipinski definition) is 0. The van der Waals surface area contributed by atoms with Crippen LogP contribution in [0.25, 0.3) is 0 Å². The first-order valence-electron chi connectivity index (χ1n) is 12.1. The standard InChI is InChI=1S/C25H38N2O6Si/c1-25(2,3)34(4,5)33-21(11-12-22(28)26-13-15-31-16-14-26)23(29)27-20(18-32-24(27)30)17-19-9-7-6-8-10-19/h6-10,20-21H,11-18H2,1-5H3/t20-,21+/m1/s1. The van der Waals surface area contributed by atoms with Crippen molar-refractivity contribution in [3.05, 3.63) is 35.9 Å². The SMILES string of the molecule is CC(C)(C)[Si](C)(C)O[C@@H](CCC(=O)N1CCOCC1)C(=O)N1C(=O)OC[C@H]1Cc1ccccc1. The van der Waals surface area contributed by atoms with Gasteiger partial charge < -0.3 is 18.8 Å². The third kappa shape index (κ3) is 6.46.